The van der Waals surface area contributed by atoms with Crippen LogP contribution >= 0.6 is 0 Å². The predicted molar refractivity (Wildman–Crippen MR) is 83.4 cm³/mol. The van der Waals surface area contributed by atoms with Gasteiger partial charge < -0.3 is 10.6 Å². The van der Waals surface area contributed by atoms with Crippen LogP contribution in [-0.4, -0.2) is 45.1 Å². The van der Waals surface area contributed by atoms with Gasteiger partial charge in [0.25, 0.3) is 0 Å². The molecule has 0 atom stereocenters. The van der Waals surface area contributed by atoms with E-state index in [0.29, 0.717) is 25.5 Å². The summed E-state index contributed by atoms with van der Waals surface area (Å²) in [6.45, 7) is 2.83. The molecule has 0 bridgehead atoms. The molecule has 0 saturated carbocycles. The Balaban J connectivity index is 1.78. The second-order valence-electron chi connectivity index (χ2n) is 5.06. The number of aryl methyl sites for hydroxylation is 2. The maximum atomic E-state index is 11.8. The van der Waals surface area contributed by atoms with E-state index < -0.39 is 0 Å². The van der Waals surface area contributed by atoms with Crippen molar-refractivity contribution in [1.29, 1.82) is 0 Å². The minimum Gasteiger partial charge on any atom is -0.355 e. The minimum absolute atomic E-state index is 0.113. The Morgan fingerprint density at radius 3 is 2.61 bits per heavy atom. The van der Waals surface area contributed by atoms with Crippen molar-refractivity contribution in [3.05, 3.63) is 41.7 Å². The minimum atomic E-state index is -0.175. The molecule has 0 unspecified atom stereocenters. The van der Waals surface area contributed by atoms with Crippen LogP contribution in [-0.2, 0) is 29.0 Å². The average molecular weight is 316 g/mol. The maximum Gasteiger partial charge on any atom is 0.227 e. The molecule has 1 aromatic heterocycles. The molecule has 2 amide bonds. The van der Waals surface area contributed by atoms with Crippen LogP contribution < -0.4 is 10.6 Å². The van der Waals surface area contributed by atoms with E-state index in [2.05, 4.69) is 26.2 Å². The highest BCUT2D eigenvalue weighted by atomic mass is 16.2. The van der Waals surface area contributed by atoms with Gasteiger partial charge in [-0.3, -0.25) is 9.59 Å². The number of aromatic nitrogens is 4. The molecule has 0 aliphatic rings. The van der Waals surface area contributed by atoms with Gasteiger partial charge in [0.2, 0.25) is 11.8 Å². The molecule has 8 nitrogen and oxygen atoms in total. The van der Waals surface area contributed by atoms with Crippen LogP contribution in [0.3, 0.4) is 0 Å². The first kappa shape index (κ1) is 16.6. The third-order valence-corrected chi connectivity index (χ3v) is 3.20. The van der Waals surface area contributed by atoms with Crippen molar-refractivity contribution in [3.63, 3.8) is 0 Å². The summed E-state index contributed by atoms with van der Waals surface area (Å²) in [5.74, 6) is 0.230. The summed E-state index contributed by atoms with van der Waals surface area (Å²) in [6.07, 6.45) is 0.908. The summed E-state index contributed by atoms with van der Waals surface area (Å²) >= 11 is 0. The van der Waals surface area contributed by atoms with Crippen LogP contribution in [0.1, 0.15) is 18.3 Å². The predicted octanol–water partition coefficient (Wildman–Crippen LogP) is -0.289. The number of carbonyl (C=O) groups is 2. The summed E-state index contributed by atoms with van der Waals surface area (Å²) in [7, 11) is 0. The number of rotatable bonds is 8. The van der Waals surface area contributed by atoms with Gasteiger partial charge in [-0.15, -0.1) is 5.10 Å². The van der Waals surface area contributed by atoms with Crippen molar-refractivity contribution in [3.8, 4) is 0 Å². The van der Waals surface area contributed by atoms with Crippen LogP contribution in [0.15, 0.2) is 30.3 Å². The zero-order valence-electron chi connectivity index (χ0n) is 13.0. The Morgan fingerprint density at radius 1 is 1.13 bits per heavy atom. The van der Waals surface area contributed by atoms with Crippen LogP contribution in [0, 0.1) is 0 Å². The highest BCUT2D eigenvalue weighted by molar-refractivity contribution is 5.77. The van der Waals surface area contributed by atoms with E-state index >= 15 is 0 Å². The second kappa shape index (κ2) is 8.62. The lowest BCUT2D eigenvalue weighted by Gasteiger charge is -2.06. The van der Waals surface area contributed by atoms with Crippen LogP contribution in [0.4, 0.5) is 0 Å². The van der Waals surface area contributed by atoms with Crippen molar-refractivity contribution < 1.29 is 9.59 Å². The summed E-state index contributed by atoms with van der Waals surface area (Å²) in [5, 5.41) is 16.8. The quantitative estimate of drug-likeness (QED) is 0.652. The molecule has 2 aromatic rings. The smallest absolute Gasteiger partial charge is 0.227 e. The molecular formula is C15H20N6O2. The summed E-state index contributed by atoms with van der Waals surface area (Å²) in [6, 6.07) is 10.0. The van der Waals surface area contributed by atoms with Crippen molar-refractivity contribution in [2.45, 2.75) is 26.3 Å². The third kappa shape index (κ3) is 5.85. The molecule has 0 fully saturated rings. The summed E-state index contributed by atoms with van der Waals surface area (Å²) in [4.78, 5) is 22.6. The molecular weight excluding hydrogens is 296 g/mol. The molecule has 23 heavy (non-hydrogen) atoms. The SMILES string of the molecule is CC(=O)NCCNC(=O)Cc1nnnn1CCc1ccccc1. The van der Waals surface area contributed by atoms with E-state index in [0.717, 1.165) is 6.42 Å². The van der Waals surface area contributed by atoms with Crippen LogP contribution in [0.5, 0.6) is 0 Å². The first-order chi connectivity index (χ1) is 11.1. The van der Waals surface area contributed by atoms with Gasteiger partial charge in [-0.1, -0.05) is 30.3 Å². The van der Waals surface area contributed by atoms with E-state index in [1.165, 1.54) is 12.5 Å². The fourth-order valence-corrected chi connectivity index (χ4v) is 2.05. The van der Waals surface area contributed by atoms with Crippen LogP contribution in [0.25, 0.3) is 0 Å². The van der Waals surface area contributed by atoms with Crippen LogP contribution in [0.2, 0.25) is 0 Å². The van der Waals surface area contributed by atoms with Gasteiger partial charge in [0.1, 0.15) is 0 Å². The number of hydrogen-bond acceptors (Lipinski definition) is 5. The van der Waals surface area contributed by atoms with Gasteiger partial charge in [-0.05, 0) is 22.4 Å². The van der Waals surface area contributed by atoms with Gasteiger partial charge in [0, 0.05) is 26.6 Å². The number of nitrogens with one attached hydrogen (secondary N) is 2. The molecule has 0 radical (unpaired) electrons. The zero-order chi connectivity index (χ0) is 16.5. The second-order valence-corrected chi connectivity index (χ2v) is 5.06. The van der Waals surface area contributed by atoms with E-state index in [9.17, 15) is 9.59 Å². The lowest BCUT2D eigenvalue weighted by molar-refractivity contribution is -0.121. The van der Waals surface area contributed by atoms with E-state index in [4.69, 9.17) is 0 Å². The maximum absolute atomic E-state index is 11.8. The monoisotopic (exact) mass is 316 g/mol. The molecule has 0 aliphatic carbocycles. The highest BCUT2D eigenvalue weighted by Crippen LogP contribution is 2.02. The summed E-state index contributed by atoms with van der Waals surface area (Å²) < 4.78 is 1.64. The number of benzene rings is 1. The van der Waals surface area contributed by atoms with Crippen molar-refractivity contribution in [1.82, 2.24) is 30.8 Å². The van der Waals surface area contributed by atoms with E-state index in [1.807, 2.05) is 30.3 Å². The number of amides is 2. The average Bonchev–Trinajstić information content (AvgIpc) is 2.97. The van der Waals surface area contributed by atoms with Gasteiger partial charge in [0.05, 0.1) is 6.42 Å². The van der Waals surface area contributed by atoms with Crippen molar-refractivity contribution >= 4 is 11.8 Å². The van der Waals surface area contributed by atoms with Gasteiger partial charge >= 0.3 is 0 Å². The van der Waals surface area contributed by atoms with Crippen molar-refractivity contribution in [2.75, 3.05) is 13.1 Å². The normalized spacial score (nSPS) is 10.3. The molecule has 0 spiro atoms. The Labute approximate surface area is 134 Å². The molecule has 0 aliphatic heterocycles. The van der Waals surface area contributed by atoms with E-state index in [-0.39, 0.29) is 18.2 Å². The Bertz CT molecular complexity index is 640. The zero-order valence-corrected chi connectivity index (χ0v) is 13.0. The summed E-state index contributed by atoms with van der Waals surface area (Å²) in [5.41, 5.74) is 1.19. The standard InChI is InChI=1S/C15H20N6O2/c1-12(22)16-8-9-17-15(23)11-14-18-19-20-21(14)10-7-13-5-3-2-4-6-13/h2-6H,7-11H2,1H3,(H,16,22)(H,17,23). The molecule has 2 rings (SSSR count). The Morgan fingerprint density at radius 2 is 1.87 bits per heavy atom. The van der Waals surface area contributed by atoms with Gasteiger partial charge in [0.15, 0.2) is 5.82 Å². The third-order valence-electron chi connectivity index (χ3n) is 3.20. The van der Waals surface area contributed by atoms with Crippen molar-refractivity contribution in [2.24, 2.45) is 0 Å². The van der Waals surface area contributed by atoms with Gasteiger partial charge in [-0.2, -0.15) is 0 Å². The molecule has 1 heterocycles. The Hall–Kier alpha value is -2.77. The largest absolute Gasteiger partial charge is 0.355 e. The number of nitrogens with zero attached hydrogens (tertiary/aromatic N) is 4. The fraction of sp³-hybridized carbons (Fsp3) is 0.400. The molecule has 1 aromatic carbocycles. The number of carbonyl (C=O) groups excluding carboxylic acids is 2. The lowest BCUT2D eigenvalue weighted by Crippen LogP contribution is -2.34. The van der Waals surface area contributed by atoms with E-state index in [1.54, 1.807) is 4.68 Å². The first-order valence-electron chi connectivity index (χ1n) is 7.45. The topological polar surface area (TPSA) is 102 Å². The number of tetrazole rings is 1. The lowest BCUT2D eigenvalue weighted by atomic mass is 10.1. The molecule has 122 valence electrons. The highest BCUT2D eigenvalue weighted by Gasteiger charge is 2.11. The fourth-order valence-electron chi connectivity index (χ4n) is 2.05. The first-order valence-corrected chi connectivity index (χ1v) is 7.45. The van der Waals surface area contributed by atoms with Gasteiger partial charge in [-0.25, -0.2) is 4.68 Å². The molecule has 8 heteroatoms. The number of hydrogen-bond donors (Lipinski definition) is 2. The molecule has 2 N–H and O–H groups in total. The molecule has 0 saturated heterocycles. The Kier molecular flexibility index (Phi) is 6.22.